The Morgan fingerprint density at radius 2 is 1.69 bits per heavy atom. The highest BCUT2D eigenvalue weighted by Crippen LogP contribution is 2.44. The highest BCUT2D eigenvalue weighted by molar-refractivity contribution is 7.11. The van der Waals surface area contributed by atoms with Gasteiger partial charge in [0.15, 0.2) is 5.60 Å². The number of nitrogens with zero attached hydrogens (tertiary/aromatic N) is 1. The molecular formula is C30H37NO2S2. The molecule has 0 radical (unpaired) electrons. The number of likely N-dealkylation sites (tertiary alicyclic amines) is 1. The van der Waals surface area contributed by atoms with E-state index < -0.39 is 5.60 Å². The Kier molecular flexibility index (Phi) is 7.47. The van der Waals surface area contributed by atoms with Crippen LogP contribution in [-0.2, 0) is 10.4 Å². The van der Waals surface area contributed by atoms with Gasteiger partial charge >= 0.3 is 0 Å². The van der Waals surface area contributed by atoms with Gasteiger partial charge in [0.05, 0.1) is 0 Å². The molecule has 35 heavy (non-hydrogen) atoms. The Hall–Kier alpha value is -1.95. The standard InChI is InChI=1S/C30H37NO2S2/c1-21(2)28(26-13-8-18-34-26)27-19-23(20-35-27)22-14-16-31(17-15-22)29(32)30(33,25-11-6-7-12-25)24-9-4-3-5-10-24/h3-5,8-10,13,18-22,25,28,33H,6-7,11-12,14-17H2,1-2H3. The van der Waals surface area contributed by atoms with Crippen LogP contribution >= 0.6 is 22.7 Å². The van der Waals surface area contributed by atoms with E-state index in [0.29, 0.717) is 17.8 Å². The maximum Gasteiger partial charge on any atom is 0.259 e. The lowest BCUT2D eigenvalue weighted by molar-refractivity contribution is -0.160. The molecule has 1 aliphatic carbocycles. The van der Waals surface area contributed by atoms with Crippen LogP contribution in [-0.4, -0.2) is 29.0 Å². The number of rotatable bonds is 7. The fourth-order valence-corrected chi connectivity index (χ4v) is 8.61. The maximum atomic E-state index is 13.8. The molecule has 5 heteroatoms. The van der Waals surface area contributed by atoms with Crippen molar-refractivity contribution in [2.75, 3.05) is 13.1 Å². The summed E-state index contributed by atoms with van der Waals surface area (Å²) in [6.45, 7) is 6.06. The van der Waals surface area contributed by atoms with Gasteiger partial charge in [0.25, 0.3) is 5.91 Å². The Balaban J connectivity index is 1.29. The summed E-state index contributed by atoms with van der Waals surface area (Å²) in [6.07, 6.45) is 5.96. The first kappa shape index (κ1) is 24.7. The van der Waals surface area contributed by atoms with E-state index in [9.17, 15) is 9.90 Å². The van der Waals surface area contributed by atoms with Crippen molar-refractivity contribution < 1.29 is 9.90 Å². The Bertz CT molecular complexity index is 1090. The van der Waals surface area contributed by atoms with Crippen LogP contribution in [0.3, 0.4) is 0 Å². The highest BCUT2D eigenvalue weighted by Gasteiger charge is 2.48. The van der Waals surface area contributed by atoms with Crippen molar-refractivity contribution >= 4 is 28.6 Å². The van der Waals surface area contributed by atoms with Crippen molar-refractivity contribution in [3.05, 3.63) is 80.2 Å². The van der Waals surface area contributed by atoms with Gasteiger partial charge in [-0.25, -0.2) is 0 Å². The third-order valence-corrected chi connectivity index (χ3v) is 10.2. The van der Waals surface area contributed by atoms with Gasteiger partial charge in [0.2, 0.25) is 0 Å². The van der Waals surface area contributed by atoms with E-state index in [4.69, 9.17) is 0 Å². The number of hydrogen-bond donors (Lipinski definition) is 1. The third-order valence-electron chi connectivity index (χ3n) is 8.20. The van der Waals surface area contributed by atoms with Crippen LogP contribution in [0.25, 0.3) is 0 Å². The van der Waals surface area contributed by atoms with E-state index in [1.165, 1.54) is 15.3 Å². The molecule has 186 valence electrons. The zero-order valence-corrected chi connectivity index (χ0v) is 22.5. The van der Waals surface area contributed by atoms with Crippen LogP contribution in [0.2, 0.25) is 0 Å². The number of thiophene rings is 2. The summed E-state index contributed by atoms with van der Waals surface area (Å²) in [5.74, 6) is 1.43. The Morgan fingerprint density at radius 1 is 0.971 bits per heavy atom. The van der Waals surface area contributed by atoms with E-state index in [1.54, 1.807) is 0 Å². The highest BCUT2D eigenvalue weighted by atomic mass is 32.1. The van der Waals surface area contributed by atoms with Crippen molar-refractivity contribution in [2.24, 2.45) is 11.8 Å². The number of aliphatic hydroxyl groups is 1. The number of carbonyl (C=O) groups excluding carboxylic acids is 1. The molecule has 5 rings (SSSR count). The van der Waals surface area contributed by atoms with Gasteiger partial charge in [0.1, 0.15) is 0 Å². The molecule has 1 saturated carbocycles. The minimum atomic E-state index is -1.40. The second-order valence-corrected chi connectivity index (χ2v) is 12.6. The molecule has 2 aliphatic rings. The van der Waals surface area contributed by atoms with Crippen molar-refractivity contribution in [3.63, 3.8) is 0 Å². The Morgan fingerprint density at radius 3 is 2.31 bits per heavy atom. The molecule has 3 nitrogen and oxygen atoms in total. The SMILES string of the molecule is CC(C)C(c1cccs1)c1cc(C2CCN(C(=O)C(O)(c3ccccc3)C3CCCC3)CC2)cs1. The van der Waals surface area contributed by atoms with Gasteiger partial charge in [0, 0.05) is 34.7 Å². The van der Waals surface area contributed by atoms with Crippen LogP contribution in [0.15, 0.2) is 59.3 Å². The normalized spacial score (nSPS) is 20.3. The fraction of sp³-hybridized carbons (Fsp3) is 0.500. The molecule has 2 aromatic heterocycles. The number of amides is 1. The van der Waals surface area contributed by atoms with Crippen LogP contribution in [0, 0.1) is 11.8 Å². The van der Waals surface area contributed by atoms with Crippen LogP contribution in [0.1, 0.15) is 85.1 Å². The molecule has 1 saturated heterocycles. The van der Waals surface area contributed by atoms with E-state index in [0.717, 1.165) is 57.2 Å². The van der Waals surface area contributed by atoms with Gasteiger partial charge in [-0.1, -0.05) is 63.1 Å². The maximum absolute atomic E-state index is 13.8. The van der Waals surface area contributed by atoms with E-state index in [2.05, 4.69) is 42.8 Å². The van der Waals surface area contributed by atoms with Crippen LogP contribution < -0.4 is 0 Å². The first-order chi connectivity index (χ1) is 17.0. The molecule has 0 spiro atoms. The van der Waals surface area contributed by atoms with Crippen LogP contribution in [0.5, 0.6) is 0 Å². The van der Waals surface area contributed by atoms with Crippen molar-refractivity contribution in [1.82, 2.24) is 4.90 Å². The molecule has 2 atom stereocenters. The van der Waals surface area contributed by atoms with Gasteiger partial charge in [-0.2, -0.15) is 0 Å². The fourth-order valence-electron chi connectivity index (χ4n) is 6.24. The molecular weight excluding hydrogens is 470 g/mol. The second-order valence-electron chi connectivity index (χ2n) is 10.7. The average Bonchev–Trinajstić information content (AvgIpc) is 3.67. The summed E-state index contributed by atoms with van der Waals surface area (Å²) < 4.78 is 0. The van der Waals surface area contributed by atoms with E-state index >= 15 is 0 Å². The molecule has 3 aromatic rings. The van der Waals surface area contributed by atoms with Crippen molar-refractivity contribution in [3.8, 4) is 0 Å². The van der Waals surface area contributed by atoms with Gasteiger partial charge in [-0.15, -0.1) is 22.7 Å². The van der Waals surface area contributed by atoms with Crippen molar-refractivity contribution in [2.45, 2.75) is 69.8 Å². The number of hydrogen-bond acceptors (Lipinski definition) is 4. The quantitative estimate of drug-likeness (QED) is 0.362. The number of piperidine rings is 1. The first-order valence-electron chi connectivity index (χ1n) is 13.2. The summed E-state index contributed by atoms with van der Waals surface area (Å²) >= 11 is 3.74. The second kappa shape index (κ2) is 10.6. The Labute approximate surface area is 217 Å². The molecule has 0 bridgehead atoms. The largest absolute Gasteiger partial charge is 0.375 e. The van der Waals surface area contributed by atoms with Gasteiger partial charge in [-0.3, -0.25) is 4.79 Å². The number of carbonyl (C=O) groups is 1. The number of benzene rings is 1. The van der Waals surface area contributed by atoms with E-state index in [-0.39, 0.29) is 11.8 Å². The van der Waals surface area contributed by atoms with E-state index in [1.807, 2.05) is 57.9 Å². The molecule has 1 amide bonds. The lowest BCUT2D eigenvalue weighted by Gasteiger charge is -2.40. The summed E-state index contributed by atoms with van der Waals surface area (Å²) in [6, 6.07) is 16.5. The summed E-state index contributed by atoms with van der Waals surface area (Å²) in [5, 5.41) is 16.4. The molecule has 1 aromatic carbocycles. The molecule has 2 fully saturated rings. The summed E-state index contributed by atoms with van der Waals surface area (Å²) in [7, 11) is 0. The lowest BCUT2D eigenvalue weighted by atomic mass is 9.78. The molecule has 3 heterocycles. The van der Waals surface area contributed by atoms with Gasteiger partial charge in [-0.05, 0) is 71.5 Å². The monoisotopic (exact) mass is 507 g/mol. The zero-order valence-electron chi connectivity index (χ0n) is 20.9. The molecule has 2 unspecified atom stereocenters. The molecule has 1 aliphatic heterocycles. The van der Waals surface area contributed by atoms with Crippen molar-refractivity contribution in [1.29, 1.82) is 0 Å². The lowest BCUT2D eigenvalue weighted by Crippen LogP contribution is -2.52. The van der Waals surface area contributed by atoms with Crippen LogP contribution in [0.4, 0.5) is 0 Å². The average molecular weight is 508 g/mol. The summed E-state index contributed by atoms with van der Waals surface area (Å²) in [5.41, 5.74) is 0.786. The minimum absolute atomic E-state index is 0.0137. The predicted octanol–water partition coefficient (Wildman–Crippen LogP) is 7.38. The van der Waals surface area contributed by atoms with Gasteiger partial charge < -0.3 is 10.0 Å². The zero-order chi connectivity index (χ0) is 24.4. The minimum Gasteiger partial charge on any atom is -0.375 e. The topological polar surface area (TPSA) is 40.5 Å². The first-order valence-corrected chi connectivity index (χ1v) is 14.9. The molecule has 1 N–H and O–H groups in total. The third kappa shape index (κ3) is 4.87. The predicted molar refractivity (Wildman–Crippen MR) is 146 cm³/mol. The smallest absolute Gasteiger partial charge is 0.259 e. The summed E-state index contributed by atoms with van der Waals surface area (Å²) in [4.78, 5) is 18.7.